The zero-order chi connectivity index (χ0) is 7.11. The van der Waals surface area contributed by atoms with Gasteiger partial charge in [-0.2, -0.15) is 0 Å². The first-order chi connectivity index (χ1) is 4.31. The van der Waals surface area contributed by atoms with Gasteiger partial charge in [0.25, 0.3) is 0 Å². The Hall–Kier alpha value is -0.760. The quantitative estimate of drug-likeness (QED) is 0.420. The summed E-state index contributed by atoms with van der Waals surface area (Å²) >= 11 is 0. The summed E-state index contributed by atoms with van der Waals surface area (Å²) in [5.41, 5.74) is 0. The molecule has 0 fully saturated rings. The van der Waals surface area contributed by atoms with E-state index in [1.54, 1.807) is 20.3 Å². The van der Waals surface area contributed by atoms with Crippen LogP contribution in [0.3, 0.4) is 0 Å². The van der Waals surface area contributed by atoms with Crippen LogP contribution in [0.5, 0.6) is 0 Å². The lowest BCUT2D eigenvalue weighted by atomic mass is 10.4. The van der Waals surface area contributed by atoms with Gasteiger partial charge in [0.15, 0.2) is 0 Å². The standard InChI is InChI=1S/C7H12O2/c1-7(9-3)5-4-6-8-2/h4-5H,1,6H2,2-3H3/b5-4+. The molecule has 2 nitrogen and oxygen atoms in total. The zero-order valence-corrected chi connectivity index (χ0v) is 5.89. The SMILES string of the molecule is C=C(/C=C/COC)OC. The minimum Gasteiger partial charge on any atom is -0.497 e. The van der Waals surface area contributed by atoms with Crippen molar-refractivity contribution < 1.29 is 9.47 Å². The normalized spacial score (nSPS) is 10.0. The minimum atomic E-state index is 0.600. The Morgan fingerprint density at radius 2 is 2.22 bits per heavy atom. The monoisotopic (exact) mass is 128 g/mol. The lowest BCUT2D eigenvalue weighted by Gasteiger charge is -1.94. The summed E-state index contributed by atoms with van der Waals surface area (Å²) < 4.78 is 9.51. The minimum absolute atomic E-state index is 0.600. The third kappa shape index (κ3) is 5.11. The fourth-order valence-electron chi connectivity index (χ4n) is 0.344. The van der Waals surface area contributed by atoms with Crippen LogP contribution >= 0.6 is 0 Å². The van der Waals surface area contributed by atoms with Crippen LogP contribution in [0.25, 0.3) is 0 Å². The number of hydrogen-bond donors (Lipinski definition) is 0. The van der Waals surface area contributed by atoms with Crippen LogP contribution in [0.2, 0.25) is 0 Å². The van der Waals surface area contributed by atoms with Crippen molar-refractivity contribution in [2.45, 2.75) is 0 Å². The summed E-state index contributed by atoms with van der Waals surface area (Å²) in [6.45, 7) is 4.18. The third-order valence-corrected chi connectivity index (χ3v) is 0.829. The van der Waals surface area contributed by atoms with Crippen molar-refractivity contribution in [2.24, 2.45) is 0 Å². The maximum Gasteiger partial charge on any atom is 0.111 e. The first-order valence-electron chi connectivity index (χ1n) is 2.69. The van der Waals surface area contributed by atoms with Gasteiger partial charge in [-0.1, -0.05) is 12.7 Å². The van der Waals surface area contributed by atoms with Gasteiger partial charge in [-0.15, -0.1) is 0 Å². The van der Waals surface area contributed by atoms with E-state index >= 15 is 0 Å². The third-order valence-electron chi connectivity index (χ3n) is 0.829. The van der Waals surface area contributed by atoms with E-state index in [0.717, 1.165) is 0 Å². The van der Waals surface area contributed by atoms with Crippen molar-refractivity contribution in [3.05, 3.63) is 24.5 Å². The highest BCUT2D eigenvalue weighted by Gasteiger charge is 1.78. The molecule has 0 heterocycles. The average Bonchev–Trinajstić information content (AvgIpc) is 1.89. The van der Waals surface area contributed by atoms with Crippen LogP contribution in [0, 0.1) is 0 Å². The lowest BCUT2D eigenvalue weighted by Crippen LogP contribution is -1.82. The molecule has 0 atom stereocenters. The largest absolute Gasteiger partial charge is 0.497 e. The molecule has 0 aliphatic carbocycles. The molecule has 0 aliphatic heterocycles. The number of allylic oxidation sites excluding steroid dienone is 1. The Morgan fingerprint density at radius 3 is 2.67 bits per heavy atom. The predicted octanol–water partition coefficient (Wildman–Crippen LogP) is 1.35. The van der Waals surface area contributed by atoms with Gasteiger partial charge >= 0.3 is 0 Å². The summed E-state index contributed by atoms with van der Waals surface area (Å²) in [5.74, 6) is 0.645. The van der Waals surface area contributed by atoms with Crippen molar-refractivity contribution in [2.75, 3.05) is 20.8 Å². The van der Waals surface area contributed by atoms with E-state index in [4.69, 9.17) is 9.47 Å². The molecule has 0 aromatic rings. The van der Waals surface area contributed by atoms with Gasteiger partial charge < -0.3 is 9.47 Å². The summed E-state index contributed by atoms with van der Waals surface area (Å²) in [5, 5.41) is 0. The summed E-state index contributed by atoms with van der Waals surface area (Å²) in [6, 6.07) is 0. The van der Waals surface area contributed by atoms with Crippen molar-refractivity contribution in [3.63, 3.8) is 0 Å². The number of ether oxygens (including phenoxy) is 2. The molecule has 0 bridgehead atoms. The molecule has 0 saturated heterocycles. The molecule has 0 saturated carbocycles. The van der Waals surface area contributed by atoms with E-state index in [2.05, 4.69) is 6.58 Å². The molecule has 0 spiro atoms. The van der Waals surface area contributed by atoms with Crippen LogP contribution in [-0.2, 0) is 9.47 Å². The van der Waals surface area contributed by atoms with Crippen LogP contribution in [-0.4, -0.2) is 20.8 Å². The average molecular weight is 128 g/mol. The lowest BCUT2D eigenvalue weighted by molar-refractivity contribution is 0.233. The molecular weight excluding hydrogens is 116 g/mol. The molecule has 0 aromatic heterocycles. The van der Waals surface area contributed by atoms with Gasteiger partial charge in [0, 0.05) is 7.11 Å². The Balaban J connectivity index is 3.32. The highest BCUT2D eigenvalue weighted by atomic mass is 16.5. The van der Waals surface area contributed by atoms with Crippen molar-refractivity contribution >= 4 is 0 Å². The molecule has 52 valence electrons. The molecule has 0 radical (unpaired) electrons. The van der Waals surface area contributed by atoms with Gasteiger partial charge in [-0.3, -0.25) is 0 Å². The van der Waals surface area contributed by atoms with Gasteiger partial charge in [0.1, 0.15) is 5.76 Å². The Kier molecular flexibility index (Phi) is 4.92. The molecule has 0 aromatic carbocycles. The van der Waals surface area contributed by atoms with E-state index in [9.17, 15) is 0 Å². The van der Waals surface area contributed by atoms with Crippen LogP contribution < -0.4 is 0 Å². The number of methoxy groups -OCH3 is 2. The van der Waals surface area contributed by atoms with Crippen molar-refractivity contribution in [1.82, 2.24) is 0 Å². The Labute approximate surface area is 55.8 Å². The van der Waals surface area contributed by atoms with Gasteiger partial charge in [-0.25, -0.2) is 0 Å². The van der Waals surface area contributed by atoms with Crippen LogP contribution in [0.1, 0.15) is 0 Å². The molecule has 0 rings (SSSR count). The topological polar surface area (TPSA) is 18.5 Å². The Bertz CT molecular complexity index is 105. The van der Waals surface area contributed by atoms with E-state index in [0.29, 0.717) is 12.4 Å². The number of rotatable bonds is 4. The molecule has 0 amide bonds. The Morgan fingerprint density at radius 1 is 1.56 bits per heavy atom. The van der Waals surface area contributed by atoms with E-state index in [1.807, 2.05) is 6.08 Å². The molecule has 0 unspecified atom stereocenters. The molecule has 0 N–H and O–H groups in total. The first-order valence-corrected chi connectivity index (χ1v) is 2.69. The van der Waals surface area contributed by atoms with E-state index in [-0.39, 0.29) is 0 Å². The summed E-state index contributed by atoms with van der Waals surface area (Å²) in [7, 11) is 3.22. The molecule has 2 heteroatoms. The summed E-state index contributed by atoms with van der Waals surface area (Å²) in [4.78, 5) is 0. The smallest absolute Gasteiger partial charge is 0.111 e. The van der Waals surface area contributed by atoms with Crippen molar-refractivity contribution in [3.8, 4) is 0 Å². The van der Waals surface area contributed by atoms with E-state index < -0.39 is 0 Å². The highest BCUT2D eigenvalue weighted by molar-refractivity contribution is 5.06. The zero-order valence-electron chi connectivity index (χ0n) is 5.89. The van der Waals surface area contributed by atoms with Crippen LogP contribution in [0.15, 0.2) is 24.5 Å². The van der Waals surface area contributed by atoms with E-state index in [1.165, 1.54) is 0 Å². The maximum atomic E-state index is 4.76. The maximum absolute atomic E-state index is 4.76. The predicted molar refractivity (Wildman–Crippen MR) is 37.2 cm³/mol. The molecule has 9 heavy (non-hydrogen) atoms. The number of hydrogen-bond acceptors (Lipinski definition) is 2. The van der Waals surface area contributed by atoms with Crippen LogP contribution in [0.4, 0.5) is 0 Å². The second-order valence-electron chi connectivity index (χ2n) is 1.53. The molecular formula is C7H12O2. The van der Waals surface area contributed by atoms with Crippen molar-refractivity contribution in [1.29, 1.82) is 0 Å². The molecule has 0 aliphatic rings. The van der Waals surface area contributed by atoms with Gasteiger partial charge in [0.2, 0.25) is 0 Å². The summed E-state index contributed by atoms with van der Waals surface area (Å²) in [6.07, 6.45) is 3.61. The van der Waals surface area contributed by atoms with Gasteiger partial charge in [-0.05, 0) is 6.08 Å². The van der Waals surface area contributed by atoms with Gasteiger partial charge in [0.05, 0.1) is 13.7 Å². The first kappa shape index (κ1) is 8.24. The fourth-order valence-corrected chi connectivity index (χ4v) is 0.344. The highest BCUT2D eigenvalue weighted by Crippen LogP contribution is 1.90. The second-order valence-corrected chi connectivity index (χ2v) is 1.53. The fraction of sp³-hybridized carbons (Fsp3) is 0.429. The second kappa shape index (κ2) is 5.38.